The summed E-state index contributed by atoms with van der Waals surface area (Å²) >= 11 is 6.73. The van der Waals surface area contributed by atoms with Crippen molar-refractivity contribution in [3.63, 3.8) is 0 Å². The first-order valence-electron chi connectivity index (χ1n) is 5.16. The van der Waals surface area contributed by atoms with Crippen LogP contribution in [0.4, 0.5) is 10.5 Å². The fourth-order valence-corrected chi connectivity index (χ4v) is 2.48. The molecule has 2 N–H and O–H groups in total. The molecule has 1 aromatic heterocycles. The zero-order valence-corrected chi connectivity index (χ0v) is 12.4. The number of hydrogen-bond donors (Lipinski definition) is 2. The molecule has 0 fully saturated rings. The first-order chi connectivity index (χ1) is 8.65. The molecule has 6 heteroatoms. The number of rotatable bonds is 3. The van der Waals surface area contributed by atoms with Gasteiger partial charge in [-0.25, -0.2) is 4.79 Å². The number of halogens is 2. The third-order valence-electron chi connectivity index (χ3n) is 2.21. The largest absolute Gasteiger partial charge is 0.472 e. The molecule has 0 bridgehead atoms. The Balaban J connectivity index is 1.91. The molecule has 4 nitrogen and oxygen atoms in total. The number of amides is 2. The summed E-state index contributed by atoms with van der Waals surface area (Å²) in [6, 6.07) is 7.07. The second-order valence-electron chi connectivity index (χ2n) is 3.56. The fourth-order valence-electron chi connectivity index (χ4n) is 1.33. The van der Waals surface area contributed by atoms with Crippen molar-refractivity contribution in [3.05, 3.63) is 51.3 Å². The standard InChI is InChI=1S/C12H10Br2N2O2/c13-9-1-2-11(10(14)5-9)16-12(17)15-6-8-3-4-18-7-8/h1-5,7H,6H2,(H2,15,16,17). The predicted molar refractivity (Wildman–Crippen MR) is 76.4 cm³/mol. The summed E-state index contributed by atoms with van der Waals surface area (Å²) < 4.78 is 6.67. The molecule has 1 aromatic carbocycles. The van der Waals surface area contributed by atoms with Crippen molar-refractivity contribution in [3.8, 4) is 0 Å². The smallest absolute Gasteiger partial charge is 0.319 e. The Kier molecular flexibility index (Phi) is 4.43. The highest BCUT2D eigenvalue weighted by Gasteiger charge is 2.05. The summed E-state index contributed by atoms with van der Waals surface area (Å²) in [5.74, 6) is 0. The second-order valence-corrected chi connectivity index (χ2v) is 5.33. The summed E-state index contributed by atoms with van der Waals surface area (Å²) in [5.41, 5.74) is 1.63. The van der Waals surface area contributed by atoms with Crippen LogP contribution >= 0.6 is 31.9 Å². The molecule has 2 aromatic rings. The van der Waals surface area contributed by atoms with E-state index in [2.05, 4.69) is 42.5 Å². The number of benzene rings is 1. The van der Waals surface area contributed by atoms with Crippen molar-refractivity contribution in [2.75, 3.05) is 5.32 Å². The topological polar surface area (TPSA) is 54.3 Å². The highest BCUT2D eigenvalue weighted by atomic mass is 79.9. The number of urea groups is 1. The van der Waals surface area contributed by atoms with Gasteiger partial charge in [0.15, 0.2) is 0 Å². The van der Waals surface area contributed by atoms with E-state index in [1.807, 2.05) is 18.2 Å². The molecule has 0 saturated heterocycles. The Morgan fingerprint density at radius 3 is 2.78 bits per heavy atom. The average molecular weight is 374 g/mol. The maximum Gasteiger partial charge on any atom is 0.319 e. The third-order valence-corrected chi connectivity index (χ3v) is 3.36. The van der Waals surface area contributed by atoms with Crippen molar-refractivity contribution in [1.82, 2.24) is 5.32 Å². The van der Waals surface area contributed by atoms with Crippen molar-refractivity contribution >= 4 is 43.6 Å². The lowest BCUT2D eigenvalue weighted by molar-refractivity contribution is 0.251. The fraction of sp³-hybridized carbons (Fsp3) is 0.0833. The van der Waals surface area contributed by atoms with E-state index in [4.69, 9.17) is 4.42 Å². The van der Waals surface area contributed by atoms with Crippen LogP contribution in [0, 0.1) is 0 Å². The van der Waals surface area contributed by atoms with Crippen molar-refractivity contribution in [1.29, 1.82) is 0 Å². The molecular weight excluding hydrogens is 364 g/mol. The minimum Gasteiger partial charge on any atom is -0.472 e. The van der Waals surface area contributed by atoms with Gasteiger partial charge in [0.2, 0.25) is 0 Å². The molecule has 0 saturated carbocycles. The zero-order valence-electron chi connectivity index (χ0n) is 9.24. The van der Waals surface area contributed by atoms with Crippen LogP contribution in [0.15, 0.2) is 50.2 Å². The maximum absolute atomic E-state index is 11.7. The van der Waals surface area contributed by atoms with E-state index in [1.165, 1.54) is 0 Å². The van der Waals surface area contributed by atoms with Gasteiger partial charge in [0.25, 0.3) is 0 Å². The molecule has 2 rings (SSSR count). The lowest BCUT2D eigenvalue weighted by atomic mass is 10.3. The molecule has 94 valence electrons. The van der Waals surface area contributed by atoms with Gasteiger partial charge in [-0.2, -0.15) is 0 Å². The number of anilines is 1. The van der Waals surface area contributed by atoms with Crippen LogP contribution in [0.2, 0.25) is 0 Å². The predicted octanol–water partition coefficient (Wildman–Crippen LogP) is 4.13. The van der Waals surface area contributed by atoms with Gasteiger partial charge in [-0.15, -0.1) is 0 Å². The molecule has 2 amide bonds. The van der Waals surface area contributed by atoms with Crippen molar-refractivity contribution < 1.29 is 9.21 Å². The van der Waals surface area contributed by atoms with Crippen LogP contribution in [0.5, 0.6) is 0 Å². The summed E-state index contributed by atoms with van der Waals surface area (Å²) in [7, 11) is 0. The second kappa shape index (κ2) is 6.06. The van der Waals surface area contributed by atoms with E-state index in [0.717, 1.165) is 14.5 Å². The summed E-state index contributed by atoms with van der Waals surface area (Å²) in [4.78, 5) is 11.7. The van der Waals surface area contributed by atoms with Gasteiger partial charge >= 0.3 is 6.03 Å². The molecule has 0 radical (unpaired) electrons. The molecule has 1 heterocycles. The van der Waals surface area contributed by atoms with E-state index in [1.54, 1.807) is 18.6 Å². The number of hydrogen-bond acceptors (Lipinski definition) is 2. The molecule has 18 heavy (non-hydrogen) atoms. The van der Waals surface area contributed by atoms with E-state index >= 15 is 0 Å². The summed E-state index contributed by atoms with van der Waals surface area (Å²) in [5, 5.41) is 5.48. The van der Waals surface area contributed by atoms with Crippen molar-refractivity contribution in [2.24, 2.45) is 0 Å². The first-order valence-corrected chi connectivity index (χ1v) is 6.75. The zero-order chi connectivity index (χ0) is 13.0. The minimum absolute atomic E-state index is 0.265. The quantitative estimate of drug-likeness (QED) is 0.849. The number of carbonyl (C=O) groups is 1. The molecule has 0 aliphatic heterocycles. The third kappa shape index (κ3) is 3.61. The SMILES string of the molecule is O=C(NCc1ccoc1)Nc1ccc(Br)cc1Br. The van der Waals surface area contributed by atoms with Gasteiger partial charge in [-0.1, -0.05) is 15.9 Å². The van der Waals surface area contributed by atoms with E-state index in [9.17, 15) is 4.79 Å². The van der Waals surface area contributed by atoms with Crippen LogP contribution < -0.4 is 10.6 Å². The lowest BCUT2D eigenvalue weighted by Gasteiger charge is -2.08. The van der Waals surface area contributed by atoms with Gasteiger partial charge < -0.3 is 15.1 Å². The van der Waals surface area contributed by atoms with E-state index < -0.39 is 0 Å². The van der Waals surface area contributed by atoms with Gasteiger partial charge in [-0.05, 0) is 40.2 Å². The monoisotopic (exact) mass is 372 g/mol. The Bertz CT molecular complexity index is 541. The Morgan fingerprint density at radius 2 is 2.11 bits per heavy atom. The van der Waals surface area contributed by atoms with Gasteiger partial charge in [0, 0.05) is 21.1 Å². The normalized spacial score (nSPS) is 10.1. The molecule has 0 atom stereocenters. The molecule has 0 aliphatic rings. The number of nitrogens with one attached hydrogen (secondary N) is 2. The van der Waals surface area contributed by atoms with Crippen LogP contribution in [0.3, 0.4) is 0 Å². The number of carbonyl (C=O) groups excluding carboxylic acids is 1. The van der Waals surface area contributed by atoms with Crippen LogP contribution in [0.1, 0.15) is 5.56 Å². The minimum atomic E-state index is -0.265. The van der Waals surface area contributed by atoms with E-state index in [0.29, 0.717) is 12.2 Å². The van der Waals surface area contributed by atoms with Gasteiger partial charge in [0.1, 0.15) is 0 Å². The highest BCUT2D eigenvalue weighted by molar-refractivity contribution is 9.11. The van der Waals surface area contributed by atoms with Crippen LogP contribution in [-0.2, 0) is 6.54 Å². The molecule has 0 unspecified atom stereocenters. The average Bonchev–Trinajstić information content (AvgIpc) is 2.83. The Morgan fingerprint density at radius 1 is 1.28 bits per heavy atom. The summed E-state index contributed by atoms with van der Waals surface area (Å²) in [6.45, 7) is 0.427. The summed E-state index contributed by atoms with van der Waals surface area (Å²) in [6.07, 6.45) is 3.16. The highest BCUT2D eigenvalue weighted by Crippen LogP contribution is 2.25. The Labute approximate surface area is 121 Å². The van der Waals surface area contributed by atoms with Crippen LogP contribution in [0.25, 0.3) is 0 Å². The van der Waals surface area contributed by atoms with Crippen molar-refractivity contribution in [2.45, 2.75) is 6.54 Å². The maximum atomic E-state index is 11.7. The lowest BCUT2D eigenvalue weighted by Crippen LogP contribution is -2.28. The molecular formula is C12H10Br2N2O2. The first kappa shape index (κ1) is 13.2. The van der Waals surface area contributed by atoms with E-state index in [-0.39, 0.29) is 6.03 Å². The van der Waals surface area contributed by atoms with Gasteiger partial charge in [-0.3, -0.25) is 0 Å². The molecule has 0 aliphatic carbocycles. The van der Waals surface area contributed by atoms with Gasteiger partial charge in [0.05, 0.1) is 18.2 Å². The molecule has 0 spiro atoms. The van der Waals surface area contributed by atoms with Crippen LogP contribution in [-0.4, -0.2) is 6.03 Å². The Hall–Kier alpha value is -1.27. The number of furan rings is 1.